The summed E-state index contributed by atoms with van der Waals surface area (Å²) in [7, 11) is -3.37. The topological polar surface area (TPSA) is 88.1 Å². The molecule has 0 radical (unpaired) electrons. The van der Waals surface area contributed by atoms with Crippen molar-refractivity contribution in [2.24, 2.45) is 0 Å². The van der Waals surface area contributed by atoms with E-state index in [0.29, 0.717) is 30.3 Å². The normalized spacial score (nSPS) is 17.0. The molecule has 1 aromatic carbocycles. The summed E-state index contributed by atoms with van der Waals surface area (Å²) in [6, 6.07) is 13.5. The third-order valence-electron chi connectivity index (χ3n) is 5.52. The molecule has 3 heterocycles. The number of hydrogen-bond donors (Lipinski definition) is 1. The SMILES string of the molecule is Cc1cccnc1Nc1cncc([C@@H]2CCCN2S(=O)(=O)CCCc2ccccc2)n1. The van der Waals surface area contributed by atoms with E-state index in [0.717, 1.165) is 30.4 Å². The molecule has 8 heteroatoms. The van der Waals surface area contributed by atoms with Gasteiger partial charge >= 0.3 is 0 Å². The van der Waals surface area contributed by atoms with E-state index in [1.807, 2.05) is 49.4 Å². The zero-order valence-electron chi connectivity index (χ0n) is 17.6. The van der Waals surface area contributed by atoms with Crippen LogP contribution in [0.25, 0.3) is 0 Å². The van der Waals surface area contributed by atoms with Crippen LogP contribution in [0.4, 0.5) is 11.6 Å². The highest BCUT2D eigenvalue weighted by molar-refractivity contribution is 7.89. The maximum atomic E-state index is 13.1. The predicted octanol–water partition coefficient (Wildman–Crippen LogP) is 4.02. The van der Waals surface area contributed by atoms with Gasteiger partial charge in [-0.3, -0.25) is 4.98 Å². The Hall–Kier alpha value is -2.84. The molecule has 4 rings (SSSR count). The summed E-state index contributed by atoms with van der Waals surface area (Å²) in [6.45, 7) is 2.49. The summed E-state index contributed by atoms with van der Waals surface area (Å²) in [5.74, 6) is 1.41. The molecule has 162 valence electrons. The first-order chi connectivity index (χ1) is 15.0. The Morgan fingerprint density at radius 2 is 1.97 bits per heavy atom. The van der Waals surface area contributed by atoms with Crippen molar-refractivity contribution in [3.05, 3.63) is 77.9 Å². The second-order valence-electron chi connectivity index (χ2n) is 7.80. The average Bonchev–Trinajstić information content (AvgIpc) is 3.28. The lowest BCUT2D eigenvalue weighted by Crippen LogP contribution is -2.33. The Kier molecular flexibility index (Phi) is 6.58. The first-order valence-electron chi connectivity index (χ1n) is 10.6. The highest BCUT2D eigenvalue weighted by Crippen LogP contribution is 2.34. The van der Waals surface area contributed by atoms with Crippen LogP contribution in [-0.4, -0.2) is 40.0 Å². The number of nitrogens with zero attached hydrogens (tertiary/aromatic N) is 4. The Balaban J connectivity index is 1.45. The molecular formula is C23H27N5O2S. The third kappa shape index (κ3) is 5.26. The zero-order valence-corrected chi connectivity index (χ0v) is 18.4. The maximum absolute atomic E-state index is 13.1. The molecule has 0 amide bonds. The van der Waals surface area contributed by atoms with E-state index in [4.69, 9.17) is 0 Å². The van der Waals surface area contributed by atoms with Gasteiger partial charge in [-0.05, 0) is 49.8 Å². The molecule has 1 aliphatic rings. The first-order valence-corrected chi connectivity index (χ1v) is 12.2. The lowest BCUT2D eigenvalue weighted by molar-refractivity contribution is 0.389. The summed E-state index contributed by atoms with van der Waals surface area (Å²) in [5, 5.41) is 3.19. The van der Waals surface area contributed by atoms with Gasteiger partial charge < -0.3 is 5.32 Å². The zero-order chi connectivity index (χ0) is 21.7. The van der Waals surface area contributed by atoms with Gasteiger partial charge in [0.05, 0.1) is 29.9 Å². The Morgan fingerprint density at radius 1 is 1.13 bits per heavy atom. The van der Waals surface area contributed by atoms with Gasteiger partial charge in [0.1, 0.15) is 11.6 Å². The largest absolute Gasteiger partial charge is 0.323 e. The van der Waals surface area contributed by atoms with Crippen molar-refractivity contribution >= 4 is 21.7 Å². The van der Waals surface area contributed by atoms with Gasteiger partial charge in [0.2, 0.25) is 10.0 Å². The van der Waals surface area contributed by atoms with Gasteiger partial charge in [0.15, 0.2) is 0 Å². The van der Waals surface area contributed by atoms with Crippen LogP contribution in [0.3, 0.4) is 0 Å². The van der Waals surface area contributed by atoms with E-state index in [-0.39, 0.29) is 11.8 Å². The van der Waals surface area contributed by atoms with Crippen molar-refractivity contribution < 1.29 is 8.42 Å². The van der Waals surface area contributed by atoms with Crippen molar-refractivity contribution in [3.8, 4) is 0 Å². The Labute approximate surface area is 183 Å². The van der Waals surface area contributed by atoms with E-state index < -0.39 is 10.0 Å². The van der Waals surface area contributed by atoms with Crippen LogP contribution in [0.15, 0.2) is 61.1 Å². The third-order valence-corrected chi connectivity index (χ3v) is 7.48. The number of nitrogens with one attached hydrogen (secondary N) is 1. The molecule has 0 saturated carbocycles. The molecule has 0 unspecified atom stereocenters. The predicted molar refractivity (Wildman–Crippen MR) is 122 cm³/mol. The van der Waals surface area contributed by atoms with Crippen LogP contribution in [0.1, 0.15) is 42.1 Å². The van der Waals surface area contributed by atoms with Gasteiger partial charge in [-0.25, -0.2) is 18.4 Å². The van der Waals surface area contributed by atoms with E-state index >= 15 is 0 Å². The fraction of sp³-hybridized carbons (Fsp3) is 0.348. The quantitative estimate of drug-likeness (QED) is 0.573. The molecule has 1 aliphatic heterocycles. The van der Waals surface area contributed by atoms with E-state index in [2.05, 4.69) is 20.3 Å². The van der Waals surface area contributed by atoms with Gasteiger partial charge in [0.25, 0.3) is 0 Å². The molecule has 0 aliphatic carbocycles. The molecular weight excluding hydrogens is 410 g/mol. The highest BCUT2D eigenvalue weighted by atomic mass is 32.2. The fourth-order valence-electron chi connectivity index (χ4n) is 3.93. The number of aromatic nitrogens is 3. The van der Waals surface area contributed by atoms with E-state index in [1.165, 1.54) is 0 Å². The van der Waals surface area contributed by atoms with Crippen molar-refractivity contribution in [1.82, 2.24) is 19.3 Å². The van der Waals surface area contributed by atoms with Crippen LogP contribution >= 0.6 is 0 Å². The van der Waals surface area contributed by atoms with Crippen molar-refractivity contribution in [1.29, 1.82) is 0 Å². The summed E-state index contributed by atoms with van der Waals surface area (Å²) in [4.78, 5) is 13.3. The molecule has 0 bridgehead atoms. The Bertz CT molecular complexity index is 1120. The molecule has 2 aromatic heterocycles. The number of hydrogen-bond acceptors (Lipinski definition) is 6. The first kappa shape index (κ1) is 21.4. The average molecular weight is 438 g/mol. The standard InChI is InChI=1S/C23H27N5O2S/c1-18-8-5-13-25-23(18)27-22-17-24-16-20(26-22)21-12-6-14-28(21)31(29,30)15-7-11-19-9-3-2-4-10-19/h2-5,8-10,13,16-17,21H,6-7,11-12,14-15H2,1H3,(H,25,26,27)/t21-/m0/s1. The van der Waals surface area contributed by atoms with Gasteiger partial charge in [0, 0.05) is 12.7 Å². The molecule has 3 aromatic rings. The maximum Gasteiger partial charge on any atom is 0.214 e. The van der Waals surface area contributed by atoms with E-state index in [1.54, 1.807) is 22.9 Å². The highest BCUT2D eigenvalue weighted by Gasteiger charge is 2.35. The summed E-state index contributed by atoms with van der Waals surface area (Å²) >= 11 is 0. The number of aryl methyl sites for hydroxylation is 2. The molecule has 1 saturated heterocycles. The second-order valence-corrected chi connectivity index (χ2v) is 9.84. The van der Waals surface area contributed by atoms with Crippen molar-refractivity contribution in [3.63, 3.8) is 0 Å². The number of rotatable bonds is 8. The summed E-state index contributed by atoms with van der Waals surface area (Å²) < 4.78 is 27.8. The molecule has 1 atom stereocenters. The number of benzene rings is 1. The molecule has 1 N–H and O–H groups in total. The molecule has 31 heavy (non-hydrogen) atoms. The van der Waals surface area contributed by atoms with Gasteiger partial charge in [-0.15, -0.1) is 0 Å². The fourth-order valence-corrected chi connectivity index (χ4v) is 5.68. The van der Waals surface area contributed by atoms with Crippen LogP contribution in [0.5, 0.6) is 0 Å². The minimum atomic E-state index is -3.37. The number of anilines is 2. The van der Waals surface area contributed by atoms with E-state index in [9.17, 15) is 8.42 Å². The minimum Gasteiger partial charge on any atom is -0.323 e. The van der Waals surface area contributed by atoms with Crippen LogP contribution in [-0.2, 0) is 16.4 Å². The van der Waals surface area contributed by atoms with Gasteiger partial charge in [-0.2, -0.15) is 4.31 Å². The van der Waals surface area contributed by atoms with Gasteiger partial charge in [-0.1, -0.05) is 36.4 Å². The molecule has 7 nitrogen and oxygen atoms in total. The van der Waals surface area contributed by atoms with Crippen molar-refractivity contribution in [2.75, 3.05) is 17.6 Å². The molecule has 1 fully saturated rings. The summed E-state index contributed by atoms with van der Waals surface area (Å²) in [5.41, 5.74) is 2.83. The van der Waals surface area contributed by atoms with Crippen molar-refractivity contribution in [2.45, 2.75) is 38.6 Å². The monoisotopic (exact) mass is 437 g/mol. The van der Waals surface area contributed by atoms with Crippen LogP contribution < -0.4 is 5.32 Å². The lowest BCUT2D eigenvalue weighted by atomic mass is 10.1. The minimum absolute atomic E-state index is 0.136. The lowest BCUT2D eigenvalue weighted by Gasteiger charge is -2.24. The summed E-state index contributed by atoms with van der Waals surface area (Å²) in [6.07, 6.45) is 7.93. The van der Waals surface area contributed by atoms with Crippen LogP contribution in [0.2, 0.25) is 0 Å². The molecule has 0 spiro atoms. The Morgan fingerprint density at radius 3 is 2.77 bits per heavy atom. The number of pyridine rings is 1. The second kappa shape index (κ2) is 9.53. The number of sulfonamides is 1. The smallest absolute Gasteiger partial charge is 0.214 e. The van der Waals surface area contributed by atoms with Crippen LogP contribution in [0, 0.1) is 6.92 Å².